The SMILES string of the molecule is CC(C)(C)ONC(=O)c1ccc(N(C(=O)CN2CCNCC2)c2ccccc2)cc1. The van der Waals surface area contributed by atoms with Crippen LogP contribution in [-0.2, 0) is 9.63 Å². The molecular formula is C23H30N4O3. The molecule has 0 bridgehead atoms. The fourth-order valence-electron chi connectivity index (χ4n) is 3.17. The fraction of sp³-hybridized carbons (Fsp3) is 0.391. The molecule has 160 valence electrons. The van der Waals surface area contributed by atoms with E-state index in [4.69, 9.17) is 4.84 Å². The molecule has 0 unspecified atom stereocenters. The van der Waals surface area contributed by atoms with Crippen molar-refractivity contribution >= 4 is 23.2 Å². The van der Waals surface area contributed by atoms with Gasteiger partial charge in [0.15, 0.2) is 0 Å². The summed E-state index contributed by atoms with van der Waals surface area (Å²) >= 11 is 0. The third kappa shape index (κ3) is 6.13. The monoisotopic (exact) mass is 410 g/mol. The summed E-state index contributed by atoms with van der Waals surface area (Å²) in [6.45, 7) is 9.40. The van der Waals surface area contributed by atoms with Crippen molar-refractivity contribution in [1.29, 1.82) is 0 Å². The average molecular weight is 411 g/mol. The minimum Gasteiger partial charge on any atom is -0.314 e. The molecule has 7 heteroatoms. The van der Waals surface area contributed by atoms with E-state index in [-0.39, 0.29) is 11.8 Å². The molecule has 2 aromatic rings. The Morgan fingerprint density at radius 2 is 1.60 bits per heavy atom. The zero-order chi connectivity index (χ0) is 21.6. The molecule has 0 aromatic heterocycles. The highest BCUT2D eigenvalue weighted by Gasteiger charge is 2.22. The highest BCUT2D eigenvalue weighted by molar-refractivity contribution is 6.02. The van der Waals surface area contributed by atoms with Crippen molar-refractivity contribution in [3.05, 3.63) is 60.2 Å². The molecule has 1 aliphatic rings. The van der Waals surface area contributed by atoms with Gasteiger partial charge < -0.3 is 5.32 Å². The van der Waals surface area contributed by atoms with Gasteiger partial charge in [0.1, 0.15) is 0 Å². The van der Waals surface area contributed by atoms with Crippen molar-refractivity contribution in [3.63, 3.8) is 0 Å². The van der Waals surface area contributed by atoms with Crippen molar-refractivity contribution in [3.8, 4) is 0 Å². The van der Waals surface area contributed by atoms with Gasteiger partial charge in [0.25, 0.3) is 5.91 Å². The van der Waals surface area contributed by atoms with Gasteiger partial charge >= 0.3 is 0 Å². The lowest BCUT2D eigenvalue weighted by Crippen LogP contribution is -2.47. The van der Waals surface area contributed by atoms with Crippen LogP contribution in [0.25, 0.3) is 0 Å². The molecular weight excluding hydrogens is 380 g/mol. The van der Waals surface area contributed by atoms with E-state index >= 15 is 0 Å². The topological polar surface area (TPSA) is 73.9 Å². The number of hydrogen-bond acceptors (Lipinski definition) is 5. The highest BCUT2D eigenvalue weighted by atomic mass is 16.7. The molecule has 0 saturated carbocycles. The number of hydrogen-bond donors (Lipinski definition) is 2. The number of anilines is 2. The second-order valence-corrected chi connectivity index (χ2v) is 8.28. The Bertz CT molecular complexity index is 841. The molecule has 2 amide bonds. The van der Waals surface area contributed by atoms with Crippen LogP contribution in [0.1, 0.15) is 31.1 Å². The first-order valence-electron chi connectivity index (χ1n) is 10.2. The predicted octanol–water partition coefficient (Wildman–Crippen LogP) is 2.72. The fourth-order valence-corrected chi connectivity index (χ4v) is 3.17. The van der Waals surface area contributed by atoms with E-state index in [1.807, 2.05) is 51.1 Å². The van der Waals surface area contributed by atoms with Gasteiger partial charge in [0, 0.05) is 43.1 Å². The number of nitrogens with zero attached hydrogens (tertiary/aromatic N) is 2. The summed E-state index contributed by atoms with van der Waals surface area (Å²) in [7, 11) is 0. The van der Waals surface area contributed by atoms with Crippen molar-refractivity contribution < 1.29 is 14.4 Å². The molecule has 0 spiro atoms. The number of hydroxylamine groups is 1. The number of carbonyl (C=O) groups excluding carboxylic acids is 2. The van der Waals surface area contributed by atoms with Crippen LogP contribution in [0.15, 0.2) is 54.6 Å². The number of piperazine rings is 1. The van der Waals surface area contributed by atoms with Crippen LogP contribution < -0.4 is 15.7 Å². The van der Waals surface area contributed by atoms with Gasteiger partial charge in [-0.15, -0.1) is 0 Å². The van der Waals surface area contributed by atoms with Gasteiger partial charge in [-0.05, 0) is 57.2 Å². The van der Waals surface area contributed by atoms with Gasteiger partial charge in [-0.3, -0.25) is 24.2 Å². The molecule has 1 saturated heterocycles. The minimum absolute atomic E-state index is 0.00336. The van der Waals surface area contributed by atoms with Crippen molar-refractivity contribution in [2.24, 2.45) is 0 Å². The largest absolute Gasteiger partial charge is 0.314 e. The first-order chi connectivity index (χ1) is 14.3. The Labute approximate surface area is 178 Å². The molecule has 7 nitrogen and oxygen atoms in total. The molecule has 2 N–H and O–H groups in total. The standard InChI is InChI=1S/C23H30N4O3/c1-23(2,3)30-25-22(29)18-9-11-20(12-10-18)27(19-7-5-4-6-8-19)21(28)17-26-15-13-24-14-16-26/h4-12,24H,13-17H2,1-3H3,(H,25,29). The number of nitrogens with one attached hydrogen (secondary N) is 2. The maximum absolute atomic E-state index is 13.2. The lowest BCUT2D eigenvalue weighted by atomic mass is 10.1. The molecule has 0 aliphatic carbocycles. The van der Waals surface area contributed by atoms with Crippen LogP contribution in [0.2, 0.25) is 0 Å². The molecule has 1 fully saturated rings. The quantitative estimate of drug-likeness (QED) is 0.717. The normalized spacial score (nSPS) is 14.9. The Morgan fingerprint density at radius 1 is 1.00 bits per heavy atom. The van der Waals surface area contributed by atoms with E-state index in [1.165, 1.54) is 0 Å². The summed E-state index contributed by atoms with van der Waals surface area (Å²) in [5.41, 5.74) is 3.97. The van der Waals surface area contributed by atoms with Crippen LogP contribution in [0.5, 0.6) is 0 Å². The Balaban J connectivity index is 1.78. The highest BCUT2D eigenvalue weighted by Crippen LogP contribution is 2.26. The van der Waals surface area contributed by atoms with Crippen LogP contribution >= 0.6 is 0 Å². The van der Waals surface area contributed by atoms with Gasteiger partial charge in [0.2, 0.25) is 5.91 Å². The summed E-state index contributed by atoms with van der Waals surface area (Å²) in [6, 6.07) is 16.5. The Hall–Kier alpha value is -2.74. The minimum atomic E-state index is -0.476. The lowest BCUT2D eigenvalue weighted by molar-refractivity contribution is -0.119. The molecule has 0 radical (unpaired) electrons. The second-order valence-electron chi connectivity index (χ2n) is 8.28. The smallest absolute Gasteiger partial charge is 0.274 e. The summed E-state index contributed by atoms with van der Waals surface area (Å²) in [6.07, 6.45) is 0. The van der Waals surface area contributed by atoms with E-state index in [0.717, 1.165) is 37.6 Å². The van der Waals surface area contributed by atoms with Crippen LogP contribution in [0.3, 0.4) is 0 Å². The first-order valence-corrected chi connectivity index (χ1v) is 10.2. The lowest BCUT2D eigenvalue weighted by Gasteiger charge is -2.30. The van der Waals surface area contributed by atoms with Gasteiger partial charge in [-0.25, -0.2) is 5.48 Å². The molecule has 0 atom stereocenters. The van der Waals surface area contributed by atoms with E-state index in [9.17, 15) is 9.59 Å². The van der Waals surface area contributed by atoms with Gasteiger partial charge in [-0.2, -0.15) is 0 Å². The van der Waals surface area contributed by atoms with E-state index in [2.05, 4.69) is 15.7 Å². The van der Waals surface area contributed by atoms with Crippen LogP contribution in [-0.4, -0.2) is 55.0 Å². The molecule has 1 aliphatic heterocycles. The number of para-hydroxylation sites is 1. The number of rotatable bonds is 6. The van der Waals surface area contributed by atoms with Crippen molar-refractivity contribution in [2.45, 2.75) is 26.4 Å². The average Bonchev–Trinajstić information content (AvgIpc) is 2.74. The number of carbonyl (C=O) groups is 2. The van der Waals surface area contributed by atoms with Crippen molar-refractivity contribution in [1.82, 2.24) is 15.7 Å². The number of amides is 2. The van der Waals surface area contributed by atoms with Crippen LogP contribution in [0.4, 0.5) is 11.4 Å². The van der Waals surface area contributed by atoms with E-state index in [0.29, 0.717) is 12.1 Å². The zero-order valence-electron chi connectivity index (χ0n) is 17.9. The first kappa shape index (κ1) is 22.0. The third-order valence-corrected chi connectivity index (χ3v) is 4.67. The maximum atomic E-state index is 13.2. The summed E-state index contributed by atoms with van der Waals surface area (Å²) in [5.74, 6) is -0.328. The third-order valence-electron chi connectivity index (χ3n) is 4.67. The van der Waals surface area contributed by atoms with Crippen molar-refractivity contribution in [2.75, 3.05) is 37.6 Å². The van der Waals surface area contributed by atoms with Gasteiger partial charge in [-0.1, -0.05) is 18.2 Å². The summed E-state index contributed by atoms with van der Waals surface area (Å²) in [5, 5.41) is 3.30. The number of benzene rings is 2. The van der Waals surface area contributed by atoms with E-state index in [1.54, 1.807) is 29.2 Å². The summed E-state index contributed by atoms with van der Waals surface area (Å²) < 4.78 is 0. The maximum Gasteiger partial charge on any atom is 0.274 e. The summed E-state index contributed by atoms with van der Waals surface area (Å²) in [4.78, 5) is 34.7. The van der Waals surface area contributed by atoms with Crippen LogP contribution in [0, 0.1) is 0 Å². The second kappa shape index (κ2) is 9.84. The Kier molecular flexibility index (Phi) is 7.20. The Morgan fingerprint density at radius 3 is 2.20 bits per heavy atom. The molecule has 3 rings (SSSR count). The zero-order valence-corrected chi connectivity index (χ0v) is 17.9. The molecule has 2 aromatic carbocycles. The predicted molar refractivity (Wildman–Crippen MR) is 118 cm³/mol. The molecule has 1 heterocycles. The molecule has 30 heavy (non-hydrogen) atoms. The van der Waals surface area contributed by atoms with Gasteiger partial charge in [0.05, 0.1) is 12.1 Å². The van der Waals surface area contributed by atoms with E-state index < -0.39 is 5.60 Å².